The molecule has 4 nitrogen and oxygen atoms in total. The van der Waals surface area contributed by atoms with Gasteiger partial charge in [0.05, 0.1) is 24.3 Å². The SMILES string of the molecule is N[C@@H](c1c(F)c(F)c(OC2CCCCC2)c(F)c1F)[C@@H](N)c1c(F)c(F)c(OC2CCCCC2)c(F)c1F. The van der Waals surface area contributed by atoms with Crippen LogP contribution in [-0.2, 0) is 0 Å². The van der Waals surface area contributed by atoms with Crippen molar-refractivity contribution in [2.45, 2.75) is 88.5 Å². The molecule has 210 valence electrons. The maximum atomic E-state index is 14.9. The number of rotatable bonds is 7. The van der Waals surface area contributed by atoms with Crippen molar-refractivity contribution < 1.29 is 44.6 Å². The Kier molecular flexibility index (Phi) is 8.71. The number of hydrogen-bond acceptors (Lipinski definition) is 4. The normalized spacial score (nSPS) is 18.9. The van der Waals surface area contributed by atoms with Gasteiger partial charge in [-0.05, 0) is 51.4 Å². The third-order valence-electron chi connectivity index (χ3n) is 7.24. The van der Waals surface area contributed by atoms with Crippen molar-refractivity contribution in [1.82, 2.24) is 0 Å². The fourth-order valence-electron chi connectivity index (χ4n) is 5.11. The fraction of sp³-hybridized carbons (Fsp3) is 0.538. The summed E-state index contributed by atoms with van der Waals surface area (Å²) in [6, 6.07) is -4.70. The van der Waals surface area contributed by atoms with Crippen molar-refractivity contribution in [2.75, 3.05) is 0 Å². The van der Waals surface area contributed by atoms with Crippen LogP contribution in [0.5, 0.6) is 11.5 Å². The molecule has 2 fully saturated rings. The van der Waals surface area contributed by atoms with Gasteiger partial charge in [0.15, 0.2) is 34.8 Å². The van der Waals surface area contributed by atoms with Gasteiger partial charge in [0.25, 0.3) is 0 Å². The van der Waals surface area contributed by atoms with Gasteiger partial charge in [0, 0.05) is 11.1 Å². The van der Waals surface area contributed by atoms with Gasteiger partial charge in [-0.1, -0.05) is 12.8 Å². The number of hydrogen-bond donors (Lipinski definition) is 2. The summed E-state index contributed by atoms with van der Waals surface area (Å²) in [5.41, 5.74) is 8.37. The summed E-state index contributed by atoms with van der Waals surface area (Å²) in [4.78, 5) is 0. The molecule has 0 aromatic heterocycles. The Morgan fingerprint density at radius 3 is 0.974 bits per heavy atom. The summed E-state index contributed by atoms with van der Waals surface area (Å²) in [7, 11) is 0. The van der Waals surface area contributed by atoms with Gasteiger partial charge in [-0.15, -0.1) is 0 Å². The first-order valence-corrected chi connectivity index (χ1v) is 12.6. The van der Waals surface area contributed by atoms with Crippen LogP contribution < -0.4 is 20.9 Å². The Morgan fingerprint density at radius 2 is 0.711 bits per heavy atom. The summed E-state index contributed by atoms with van der Waals surface area (Å²) in [6.07, 6.45) is 4.90. The Labute approximate surface area is 214 Å². The first-order valence-electron chi connectivity index (χ1n) is 12.6. The minimum Gasteiger partial charge on any atom is -0.484 e. The van der Waals surface area contributed by atoms with Gasteiger partial charge in [-0.2, -0.15) is 17.6 Å². The van der Waals surface area contributed by atoms with Crippen molar-refractivity contribution in [3.63, 3.8) is 0 Å². The largest absolute Gasteiger partial charge is 0.484 e. The molecule has 0 bridgehead atoms. The molecule has 38 heavy (non-hydrogen) atoms. The van der Waals surface area contributed by atoms with E-state index in [1.165, 1.54) is 0 Å². The van der Waals surface area contributed by atoms with Crippen molar-refractivity contribution >= 4 is 0 Å². The highest BCUT2D eigenvalue weighted by Crippen LogP contribution is 2.41. The zero-order chi connectivity index (χ0) is 27.7. The number of ether oxygens (including phenoxy) is 2. The first kappa shape index (κ1) is 28.4. The smallest absolute Gasteiger partial charge is 0.204 e. The molecular formula is C26H28F8N2O2. The summed E-state index contributed by atoms with van der Waals surface area (Å²) in [5, 5.41) is 0. The van der Waals surface area contributed by atoms with E-state index in [1.54, 1.807) is 0 Å². The third kappa shape index (κ3) is 5.29. The highest BCUT2D eigenvalue weighted by atomic mass is 19.2. The van der Waals surface area contributed by atoms with Gasteiger partial charge in [-0.3, -0.25) is 0 Å². The van der Waals surface area contributed by atoms with Crippen LogP contribution in [0.3, 0.4) is 0 Å². The molecule has 0 heterocycles. The molecular weight excluding hydrogens is 524 g/mol. The second-order valence-electron chi connectivity index (χ2n) is 9.80. The molecule has 0 amide bonds. The molecule has 2 aromatic carbocycles. The molecule has 0 spiro atoms. The minimum atomic E-state index is -2.35. The Morgan fingerprint density at radius 1 is 0.447 bits per heavy atom. The highest BCUT2D eigenvalue weighted by Gasteiger charge is 2.38. The molecule has 2 saturated carbocycles. The summed E-state index contributed by atoms with van der Waals surface area (Å²) >= 11 is 0. The van der Waals surface area contributed by atoms with E-state index in [2.05, 4.69) is 0 Å². The van der Waals surface area contributed by atoms with Crippen LogP contribution in [0.15, 0.2) is 0 Å². The zero-order valence-electron chi connectivity index (χ0n) is 20.4. The van der Waals surface area contributed by atoms with Crippen LogP contribution in [0.1, 0.15) is 87.4 Å². The van der Waals surface area contributed by atoms with E-state index in [1.807, 2.05) is 0 Å². The van der Waals surface area contributed by atoms with Crippen LogP contribution in [0.4, 0.5) is 35.1 Å². The molecule has 0 radical (unpaired) electrons. The second-order valence-corrected chi connectivity index (χ2v) is 9.80. The van der Waals surface area contributed by atoms with Gasteiger partial charge in [0.1, 0.15) is 0 Å². The van der Waals surface area contributed by atoms with Crippen molar-refractivity contribution in [3.8, 4) is 11.5 Å². The molecule has 12 heteroatoms. The van der Waals surface area contributed by atoms with Gasteiger partial charge in [0.2, 0.25) is 23.3 Å². The minimum absolute atomic E-state index is 0.421. The van der Waals surface area contributed by atoms with E-state index in [0.29, 0.717) is 51.4 Å². The Bertz CT molecular complexity index is 1030. The molecule has 2 aliphatic rings. The summed E-state index contributed by atoms with van der Waals surface area (Å²) < 4.78 is 129. The van der Waals surface area contributed by atoms with E-state index in [-0.39, 0.29) is 0 Å². The van der Waals surface area contributed by atoms with Crippen molar-refractivity contribution in [2.24, 2.45) is 11.5 Å². The van der Waals surface area contributed by atoms with Crippen LogP contribution >= 0.6 is 0 Å². The second kappa shape index (κ2) is 11.6. The van der Waals surface area contributed by atoms with Crippen molar-refractivity contribution in [3.05, 3.63) is 57.7 Å². The first-order chi connectivity index (χ1) is 18.0. The molecule has 4 rings (SSSR count). The van der Waals surface area contributed by atoms with Crippen molar-refractivity contribution in [1.29, 1.82) is 0 Å². The zero-order valence-corrected chi connectivity index (χ0v) is 20.4. The van der Waals surface area contributed by atoms with E-state index in [4.69, 9.17) is 20.9 Å². The molecule has 2 atom stereocenters. The molecule has 0 aliphatic heterocycles. The van der Waals surface area contributed by atoms with Gasteiger partial charge < -0.3 is 20.9 Å². The number of halogens is 8. The molecule has 4 N–H and O–H groups in total. The standard InChI is InChI=1S/C26H28F8N2O2/c27-15-13(16(28)20(32)25(19(15)31)37-11-7-3-1-4-8-11)23(35)24(36)14-17(29)21(33)26(22(34)18(14)30)38-12-9-5-2-6-10-12/h11-12,23-24H,1-10,35-36H2/t23-,24-/m0/s1. The predicted octanol–water partition coefficient (Wildman–Crippen LogP) is 6.92. The number of nitrogens with two attached hydrogens (primary N) is 2. The quantitative estimate of drug-likeness (QED) is 0.289. The lowest BCUT2D eigenvalue weighted by Crippen LogP contribution is -2.32. The van der Waals surface area contributed by atoms with Crippen LogP contribution in [0, 0.1) is 46.5 Å². The highest BCUT2D eigenvalue weighted by molar-refractivity contribution is 5.41. The third-order valence-corrected chi connectivity index (χ3v) is 7.24. The van der Waals surface area contributed by atoms with E-state index in [0.717, 1.165) is 12.8 Å². The van der Waals surface area contributed by atoms with Gasteiger partial charge >= 0.3 is 0 Å². The monoisotopic (exact) mass is 552 g/mol. The lowest BCUT2D eigenvalue weighted by molar-refractivity contribution is 0.137. The van der Waals surface area contributed by atoms with E-state index >= 15 is 0 Å². The number of benzene rings is 2. The molecule has 2 aromatic rings. The molecule has 0 unspecified atom stereocenters. The molecule has 2 aliphatic carbocycles. The summed E-state index contributed by atoms with van der Waals surface area (Å²) in [5.74, 6) is -18.3. The van der Waals surface area contributed by atoms with Crippen LogP contribution in [0.2, 0.25) is 0 Å². The van der Waals surface area contributed by atoms with E-state index < -0.39 is 93.5 Å². The van der Waals surface area contributed by atoms with Crippen LogP contribution in [0.25, 0.3) is 0 Å². The fourth-order valence-corrected chi connectivity index (χ4v) is 5.11. The summed E-state index contributed by atoms with van der Waals surface area (Å²) in [6.45, 7) is 0. The molecule has 0 saturated heterocycles. The maximum Gasteiger partial charge on any atom is 0.204 e. The van der Waals surface area contributed by atoms with E-state index in [9.17, 15) is 35.1 Å². The average Bonchev–Trinajstić information content (AvgIpc) is 2.92. The average molecular weight is 553 g/mol. The Balaban J connectivity index is 1.67. The van der Waals surface area contributed by atoms with Gasteiger partial charge in [-0.25, -0.2) is 17.6 Å². The topological polar surface area (TPSA) is 70.5 Å². The Hall–Kier alpha value is -2.60. The lowest BCUT2D eigenvalue weighted by atomic mass is 9.92. The predicted molar refractivity (Wildman–Crippen MR) is 121 cm³/mol. The maximum absolute atomic E-state index is 14.9. The lowest BCUT2D eigenvalue weighted by Gasteiger charge is -2.27. The van der Waals surface area contributed by atoms with Crippen LogP contribution in [-0.4, -0.2) is 12.2 Å².